The van der Waals surface area contributed by atoms with Crippen LogP contribution < -0.4 is 14.2 Å². The van der Waals surface area contributed by atoms with Gasteiger partial charge in [-0.15, -0.1) is 0 Å². The Labute approximate surface area is 159 Å². The maximum absolute atomic E-state index is 11.8. The number of ether oxygens (including phenoxy) is 3. The van der Waals surface area contributed by atoms with Crippen molar-refractivity contribution in [2.45, 2.75) is 19.3 Å². The van der Waals surface area contributed by atoms with Crippen LogP contribution in [0.3, 0.4) is 0 Å². The quantitative estimate of drug-likeness (QED) is 0.869. The first-order valence-corrected chi connectivity index (χ1v) is 9.68. The lowest BCUT2D eigenvalue weighted by Gasteiger charge is -2.11. The van der Waals surface area contributed by atoms with Crippen LogP contribution >= 0.6 is 11.3 Å². The first-order valence-electron chi connectivity index (χ1n) is 8.86. The van der Waals surface area contributed by atoms with E-state index in [-0.39, 0.29) is 6.79 Å². The normalized spacial score (nSPS) is 20.0. The molecule has 1 atom stereocenters. The number of nitrogens with zero attached hydrogens (tertiary/aromatic N) is 2. The Morgan fingerprint density at radius 3 is 3.07 bits per heavy atom. The second-order valence-corrected chi connectivity index (χ2v) is 7.89. The van der Waals surface area contributed by atoms with Crippen LogP contribution in [0, 0.1) is 5.92 Å². The molecule has 1 aliphatic carbocycles. The molecule has 0 bridgehead atoms. The Morgan fingerprint density at radius 1 is 1.37 bits per heavy atom. The van der Waals surface area contributed by atoms with Crippen LogP contribution in [-0.2, 0) is 6.42 Å². The minimum Gasteiger partial charge on any atom is -0.477 e. The molecule has 2 aliphatic heterocycles. The van der Waals surface area contributed by atoms with Gasteiger partial charge in [0.25, 0.3) is 0 Å². The second-order valence-electron chi connectivity index (χ2n) is 6.91. The molecule has 0 spiro atoms. The number of thiophene rings is 1. The summed E-state index contributed by atoms with van der Waals surface area (Å²) in [6.45, 7) is 1.05. The van der Waals surface area contributed by atoms with Crippen LogP contribution in [0.4, 0.5) is 0 Å². The summed E-state index contributed by atoms with van der Waals surface area (Å²) in [5.41, 5.74) is 2.66. The van der Waals surface area contributed by atoms with Crippen molar-refractivity contribution in [3.63, 3.8) is 0 Å². The molecule has 0 fully saturated rings. The van der Waals surface area contributed by atoms with Gasteiger partial charge in [-0.3, -0.25) is 5.01 Å². The molecule has 7 nitrogen and oxygen atoms in total. The van der Waals surface area contributed by atoms with Crippen LogP contribution in [0.15, 0.2) is 23.3 Å². The summed E-state index contributed by atoms with van der Waals surface area (Å²) in [5, 5.41) is 16.9. The molecule has 8 heteroatoms. The molecule has 1 N–H and O–H groups in total. The van der Waals surface area contributed by atoms with Gasteiger partial charge in [-0.25, -0.2) is 4.79 Å². The molecule has 0 radical (unpaired) electrons. The first kappa shape index (κ1) is 16.4. The van der Waals surface area contributed by atoms with Crippen molar-refractivity contribution in [2.24, 2.45) is 11.0 Å². The predicted octanol–water partition coefficient (Wildman–Crippen LogP) is 3.57. The zero-order valence-corrected chi connectivity index (χ0v) is 15.5. The van der Waals surface area contributed by atoms with E-state index in [4.69, 9.17) is 14.2 Å². The van der Waals surface area contributed by atoms with E-state index in [1.54, 1.807) is 18.2 Å². The Morgan fingerprint density at radius 2 is 2.22 bits per heavy atom. The minimum atomic E-state index is -0.915. The number of carboxylic acid groups (broad SMARTS) is 1. The van der Waals surface area contributed by atoms with Gasteiger partial charge in [0.15, 0.2) is 16.6 Å². The highest BCUT2D eigenvalue weighted by molar-refractivity contribution is 7.16. The lowest BCUT2D eigenvalue weighted by Crippen LogP contribution is -2.16. The highest BCUT2D eigenvalue weighted by Crippen LogP contribution is 2.45. The highest BCUT2D eigenvalue weighted by Gasteiger charge is 2.36. The molecule has 27 heavy (non-hydrogen) atoms. The van der Waals surface area contributed by atoms with Gasteiger partial charge in [-0.1, -0.05) is 11.3 Å². The molecular formula is C19H18N2O5S. The van der Waals surface area contributed by atoms with Gasteiger partial charge in [0.1, 0.15) is 10.6 Å². The fourth-order valence-corrected chi connectivity index (χ4v) is 5.02. The molecule has 0 amide bonds. The van der Waals surface area contributed by atoms with E-state index in [0.29, 0.717) is 33.1 Å². The number of carboxylic acids is 1. The molecule has 140 valence electrons. The number of hydrogen-bond donors (Lipinski definition) is 1. The van der Waals surface area contributed by atoms with Crippen LogP contribution in [0.2, 0.25) is 0 Å². The van der Waals surface area contributed by atoms with Crippen molar-refractivity contribution in [1.82, 2.24) is 5.01 Å². The van der Waals surface area contributed by atoms with Crippen LogP contribution in [0.1, 0.15) is 33.6 Å². The third kappa shape index (κ3) is 2.71. The zero-order valence-electron chi connectivity index (χ0n) is 14.7. The molecule has 2 aromatic rings. The molecule has 5 rings (SSSR count). The van der Waals surface area contributed by atoms with Gasteiger partial charge in [-0.2, -0.15) is 5.10 Å². The van der Waals surface area contributed by atoms with Crippen molar-refractivity contribution >= 4 is 23.0 Å². The number of fused-ring (bicyclic) bond motifs is 4. The zero-order chi connectivity index (χ0) is 18.5. The average Bonchev–Trinajstić information content (AvgIpc) is 3.30. The fourth-order valence-electron chi connectivity index (χ4n) is 3.95. The number of rotatable bonds is 3. The van der Waals surface area contributed by atoms with Crippen molar-refractivity contribution < 1.29 is 24.1 Å². The van der Waals surface area contributed by atoms with Crippen LogP contribution in [0.5, 0.6) is 22.3 Å². The Balaban J connectivity index is 1.60. The number of hydrogen-bond acceptors (Lipinski definition) is 7. The Hall–Kier alpha value is -2.74. The number of hydrazone groups is 1. The maximum Gasteiger partial charge on any atom is 0.346 e. The van der Waals surface area contributed by atoms with Gasteiger partial charge >= 0.3 is 5.97 Å². The van der Waals surface area contributed by atoms with E-state index in [0.717, 1.165) is 42.6 Å². The van der Waals surface area contributed by atoms with E-state index in [2.05, 4.69) is 5.10 Å². The van der Waals surface area contributed by atoms with Gasteiger partial charge in [-0.05, 0) is 37.0 Å². The third-order valence-corrected chi connectivity index (χ3v) is 6.21. The average molecular weight is 386 g/mol. The molecule has 1 unspecified atom stereocenters. The van der Waals surface area contributed by atoms with Crippen molar-refractivity contribution in [2.75, 3.05) is 20.4 Å². The number of benzene rings is 1. The summed E-state index contributed by atoms with van der Waals surface area (Å²) < 4.78 is 16.9. The van der Waals surface area contributed by atoms with Gasteiger partial charge in [0.2, 0.25) is 6.79 Å². The van der Waals surface area contributed by atoms with Crippen LogP contribution in [0.25, 0.3) is 0 Å². The van der Waals surface area contributed by atoms with Crippen LogP contribution in [-0.4, -0.2) is 42.2 Å². The van der Waals surface area contributed by atoms with E-state index in [1.807, 2.05) is 12.1 Å². The highest BCUT2D eigenvalue weighted by atomic mass is 32.1. The summed E-state index contributed by atoms with van der Waals surface area (Å²) in [5.74, 6) is 1.30. The largest absolute Gasteiger partial charge is 0.477 e. The Kier molecular flexibility index (Phi) is 3.75. The fraction of sp³-hybridized carbons (Fsp3) is 0.368. The summed E-state index contributed by atoms with van der Waals surface area (Å²) >= 11 is 1.18. The van der Waals surface area contributed by atoms with E-state index >= 15 is 0 Å². The summed E-state index contributed by atoms with van der Waals surface area (Å²) in [7, 11) is 1.95. The van der Waals surface area contributed by atoms with E-state index in [9.17, 15) is 9.90 Å². The minimum absolute atomic E-state index is 0.196. The number of aromatic carboxylic acids is 1. The van der Waals surface area contributed by atoms with Crippen molar-refractivity contribution in [3.05, 3.63) is 34.2 Å². The van der Waals surface area contributed by atoms with Gasteiger partial charge in [0, 0.05) is 25.6 Å². The molecular weight excluding hydrogens is 368 g/mol. The molecule has 3 aliphatic rings. The Bertz CT molecular complexity index is 967. The third-order valence-electron chi connectivity index (χ3n) is 5.11. The summed E-state index contributed by atoms with van der Waals surface area (Å²) in [6, 6.07) is 5.37. The molecule has 3 heterocycles. The predicted molar refractivity (Wildman–Crippen MR) is 99.5 cm³/mol. The van der Waals surface area contributed by atoms with Crippen molar-refractivity contribution in [1.29, 1.82) is 0 Å². The first-order chi connectivity index (χ1) is 13.1. The SMILES string of the molecule is CN1CC2CCCc3c(C(=O)O)sc(Oc4ccc5c(c4)OCO5)c3C2=N1. The smallest absolute Gasteiger partial charge is 0.346 e. The standard InChI is InChI=1S/C19H18N2O5S/c1-21-8-10-3-2-4-12-15(16(10)20-21)19(27-17(12)18(22)23)26-11-5-6-13-14(7-11)25-9-24-13/h5-7,10H,2-4,8-9H2,1H3,(H,22,23). The summed E-state index contributed by atoms with van der Waals surface area (Å²) in [4.78, 5) is 12.2. The molecule has 0 saturated heterocycles. The maximum atomic E-state index is 11.8. The van der Waals surface area contributed by atoms with Crippen molar-refractivity contribution in [3.8, 4) is 22.3 Å². The molecule has 1 aromatic heterocycles. The second kappa shape index (κ2) is 6.16. The van der Waals surface area contributed by atoms with Gasteiger partial charge in [0.05, 0.1) is 11.3 Å². The molecule has 1 aromatic carbocycles. The van der Waals surface area contributed by atoms with Gasteiger partial charge < -0.3 is 19.3 Å². The lowest BCUT2D eigenvalue weighted by atomic mass is 9.96. The molecule has 0 saturated carbocycles. The summed E-state index contributed by atoms with van der Waals surface area (Å²) in [6.07, 6.45) is 2.69. The number of carbonyl (C=O) groups is 1. The monoisotopic (exact) mass is 386 g/mol. The van der Waals surface area contributed by atoms with E-state index < -0.39 is 5.97 Å². The topological polar surface area (TPSA) is 80.6 Å². The lowest BCUT2D eigenvalue weighted by molar-refractivity contribution is 0.0701. The van der Waals surface area contributed by atoms with E-state index in [1.165, 1.54) is 11.3 Å².